The van der Waals surface area contributed by atoms with Crippen molar-refractivity contribution in [3.05, 3.63) is 22.5 Å². The zero-order valence-electron chi connectivity index (χ0n) is 14.1. The number of H-pyrrole nitrogens is 1. The molecular weight excluding hydrogens is 280 g/mol. The third kappa shape index (κ3) is 2.75. The molecule has 22 heavy (non-hydrogen) atoms. The zero-order valence-corrected chi connectivity index (χ0v) is 14.1. The lowest BCUT2D eigenvalue weighted by molar-refractivity contribution is 0.0392. The maximum absolute atomic E-state index is 13.0. The molecule has 122 valence electrons. The monoisotopic (exact) mass is 306 g/mol. The van der Waals surface area contributed by atoms with Gasteiger partial charge in [-0.25, -0.2) is 0 Å². The molecule has 2 atom stereocenters. The Hall–Kier alpha value is -1.82. The van der Waals surface area contributed by atoms with Crippen LogP contribution >= 0.6 is 0 Å². The Labute approximate surface area is 131 Å². The van der Waals surface area contributed by atoms with Crippen molar-refractivity contribution in [3.63, 3.8) is 0 Å². The number of likely N-dealkylation sites (N-methyl/N-ethyl adjacent to an activating group) is 1. The molecule has 3 N–H and O–H groups in total. The highest BCUT2D eigenvalue weighted by Crippen LogP contribution is 2.23. The van der Waals surface area contributed by atoms with Crippen LogP contribution in [-0.4, -0.2) is 58.8 Å². The largest absolute Gasteiger partial charge is 0.366 e. The molecule has 0 aromatic carbocycles. The number of nitrogens with zero attached hydrogens (tertiary/aromatic N) is 2. The van der Waals surface area contributed by atoms with E-state index in [-0.39, 0.29) is 11.9 Å². The number of carbonyl (C=O) groups is 2. The molecule has 0 spiro atoms. The summed E-state index contributed by atoms with van der Waals surface area (Å²) in [4.78, 5) is 31.8. The fraction of sp³-hybridized carbons (Fsp3) is 0.625. The maximum atomic E-state index is 13.0. The molecule has 1 aromatic rings. The molecule has 2 amide bonds. The highest BCUT2D eigenvalue weighted by atomic mass is 16.2. The first-order valence-corrected chi connectivity index (χ1v) is 7.80. The summed E-state index contributed by atoms with van der Waals surface area (Å²) in [5, 5.41) is 0. The number of hydrogen-bond donors (Lipinski definition) is 2. The van der Waals surface area contributed by atoms with Crippen molar-refractivity contribution < 1.29 is 9.59 Å². The number of piperazine rings is 1. The minimum Gasteiger partial charge on any atom is -0.366 e. The Bertz CT molecular complexity index is 593. The second-order valence-electron chi connectivity index (χ2n) is 6.29. The highest BCUT2D eigenvalue weighted by molar-refractivity contribution is 6.02. The molecule has 6 nitrogen and oxygen atoms in total. The number of aryl methyl sites for hydroxylation is 1. The molecule has 1 aliphatic rings. The van der Waals surface area contributed by atoms with E-state index in [1.54, 1.807) is 6.92 Å². The Kier molecular flexibility index (Phi) is 4.60. The second-order valence-corrected chi connectivity index (χ2v) is 6.29. The van der Waals surface area contributed by atoms with Gasteiger partial charge in [0.1, 0.15) is 5.69 Å². The summed E-state index contributed by atoms with van der Waals surface area (Å²) in [6.45, 7) is 9.41. The van der Waals surface area contributed by atoms with Crippen molar-refractivity contribution in [1.82, 2.24) is 14.8 Å². The molecule has 6 heteroatoms. The van der Waals surface area contributed by atoms with Gasteiger partial charge in [-0.3, -0.25) is 14.5 Å². The van der Waals surface area contributed by atoms with Crippen LogP contribution < -0.4 is 5.73 Å². The van der Waals surface area contributed by atoms with Gasteiger partial charge in [-0.15, -0.1) is 0 Å². The van der Waals surface area contributed by atoms with Gasteiger partial charge in [0.2, 0.25) is 0 Å². The normalized spacial score (nSPS) is 22.9. The van der Waals surface area contributed by atoms with Crippen molar-refractivity contribution in [1.29, 1.82) is 0 Å². The van der Waals surface area contributed by atoms with Crippen LogP contribution in [0.25, 0.3) is 0 Å². The average molecular weight is 306 g/mol. The van der Waals surface area contributed by atoms with E-state index in [4.69, 9.17) is 5.73 Å². The van der Waals surface area contributed by atoms with Gasteiger partial charge in [0, 0.05) is 30.9 Å². The first-order valence-electron chi connectivity index (χ1n) is 7.80. The van der Waals surface area contributed by atoms with Gasteiger partial charge in [0.15, 0.2) is 0 Å². The molecular formula is C16H26N4O2. The molecule has 0 bridgehead atoms. The number of rotatable bonds is 3. The number of hydrogen-bond acceptors (Lipinski definition) is 3. The second kappa shape index (κ2) is 6.12. The van der Waals surface area contributed by atoms with Crippen LogP contribution in [0, 0.1) is 6.92 Å². The fourth-order valence-electron chi connectivity index (χ4n) is 3.27. The van der Waals surface area contributed by atoms with E-state index in [0.29, 0.717) is 36.0 Å². The Morgan fingerprint density at radius 2 is 1.91 bits per heavy atom. The molecule has 2 unspecified atom stereocenters. The van der Waals surface area contributed by atoms with E-state index in [1.807, 2.05) is 11.8 Å². The van der Waals surface area contributed by atoms with Gasteiger partial charge in [-0.05, 0) is 39.8 Å². The Balaban J connectivity index is 2.37. The van der Waals surface area contributed by atoms with Crippen LogP contribution in [0.1, 0.15) is 52.9 Å². The van der Waals surface area contributed by atoms with Crippen LogP contribution in [0.2, 0.25) is 0 Å². The fourth-order valence-corrected chi connectivity index (χ4v) is 3.27. The number of aromatic amines is 1. The number of primary amides is 1. The topological polar surface area (TPSA) is 82.4 Å². The lowest BCUT2D eigenvalue weighted by Crippen LogP contribution is -2.56. The summed E-state index contributed by atoms with van der Waals surface area (Å²) in [6, 6.07) is 0.455. The van der Waals surface area contributed by atoms with Gasteiger partial charge < -0.3 is 15.6 Å². The van der Waals surface area contributed by atoms with Crippen molar-refractivity contribution in [3.8, 4) is 0 Å². The van der Waals surface area contributed by atoms with Crippen molar-refractivity contribution in [2.45, 2.75) is 46.2 Å². The van der Waals surface area contributed by atoms with Crippen LogP contribution in [-0.2, 0) is 6.42 Å². The average Bonchev–Trinajstić information content (AvgIpc) is 2.78. The molecule has 2 heterocycles. The standard InChI is InChI=1S/C16H26N4O2/c1-6-12-13(15(17)21)11(4)18-14(12)16(22)20-8-9(2)19(5)7-10(20)3/h9-10,18H,6-8H2,1-5H3,(H2,17,21). The van der Waals surface area contributed by atoms with E-state index < -0.39 is 5.91 Å². The number of nitrogens with two attached hydrogens (primary N) is 1. The van der Waals surface area contributed by atoms with Crippen molar-refractivity contribution >= 4 is 11.8 Å². The van der Waals surface area contributed by atoms with E-state index in [2.05, 4.69) is 30.8 Å². The molecule has 0 saturated carbocycles. The molecule has 1 saturated heterocycles. The molecule has 1 fully saturated rings. The summed E-state index contributed by atoms with van der Waals surface area (Å²) < 4.78 is 0. The van der Waals surface area contributed by atoms with E-state index >= 15 is 0 Å². The Morgan fingerprint density at radius 1 is 1.27 bits per heavy atom. The van der Waals surface area contributed by atoms with Crippen LogP contribution in [0.15, 0.2) is 0 Å². The van der Waals surface area contributed by atoms with Crippen LogP contribution in [0.5, 0.6) is 0 Å². The van der Waals surface area contributed by atoms with Gasteiger partial charge in [0.25, 0.3) is 11.8 Å². The number of amides is 2. The van der Waals surface area contributed by atoms with E-state index in [1.165, 1.54) is 0 Å². The maximum Gasteiger partial charge on any atom is 0.270 e. The van der Waals surface area contributed by atoms with Gasteiger partial charge >= 0.3 is 0 Å². The van der Waals surface area contributed by atoms with Crippen molar-refractivity contribution in [2.24, 2.45) is 5.73 Å². The summed E-state index contributed by atoms with van der Waals surface area (Å²) >= 11 is 0. The molecule has 0 radical (unpaired) electrons. The lowest BCUT2D eigenvalue weighted by Gasteiger charge is -2.42. The summed E-state index contributed by atoms with van der Waals surface area (Å²) in [5.41, 5.74) is 7.83. The molecule has 0 aliphatic carbocycles. The molecule has 2 rings (SSSR count). The number of carbonyl (C=O) groups excluding carboxylic acids is 2. The summed E-state index contributed by atoms with van der Waals surface area (Å²) in [5.74, 6) is -0.524. The van der Waals surface area contributed by atoms with Gasteiger partial charge in [-0.1, -0.05) is 6.92 Å². The number of nitrogens with one attached hydrogen (secondary N) is 1. The third-order valence-electron chi connectivity index (χ3n) is 4.66. The van der Waals surface area contributed by atoms with Gasteiger partial charge in [0.05, 0.1) is 5.56 Å². The molecule has 1 aliphatic heterocycles. The summed E-state index contributed by atoms with van der Waals surface area (Å²) in [6.07, 6.45) is 0.599. The smallest absolute Gasteiger partial charge is 0.270 e. The lowest BCUT2D eigenvalue weighted by atomic mass is 10.0. The van der Waals surface area contributed by atoms with Gasteiger partial charge in [-0.2, -0.15) is 0 Å². The zero-order chi connectivity index (χ0) is 16.6. The summed E-state index contributed by atoms with van der Waals surface area (Å²) in [7, 11) is 2.07. The minimum absolute atomic E-state index is 0.0418. The first kappa shape index (κ1) is 16.5. The molecule has 1 aromatic heterocycles. The Morgan fingerprint density at radius 3 is 2.45 bits per heavy atom. The third-order valence-corrected chi connectivity index (χ3v) is 4.66. The predicted molar refractivity (Wildman–Crippen MR) is 86.0 cm³/mol. The highest BCUT2D eigenvalue weighted by Gasteiger charge is 2.33. The SMILES string of the molecule is CCc1c(C(=O)N2CC(C)N(C)CC2C)[nH]c(C)c1C(N)=O. The van der Waals surface area contributed by atoms with Crippen molar-refractivity contribution in [2.75, 3.05) is 20.1 Å². The minimum atomic E-state index is -0.482. The van der Waals surface area contributed by atoms with E-state index in [9.17, 15) is 9.59 Å². The first-order chi connectivity index (χ1) is 10.3. The van der Waals surface area contributed by atoms with E-state index in [0.717, 1.165) is 12.1 Å². The quantitative estimate of drug-likeness (QED) is 0.879. The van der Waals surface area contributed by atoms with Crippen LogP contribution in [0.3, 0.4) is 0 Å². The predicted octanol–water partition coefficient (Wildman–Crippen LogP) is 1.15. The number of aromatic nitrogens is 1. The van der Waals surface area contributed by atoms with Crippen LogP contribution in [0.4, 0.5) is 0 Å².